The normalized spacial score (nSPS) is 10.6. The summed E-state index contributed by atoms with van der Waals surface area (Å²) in [6.45, 7) is 1.85. The molecule has 0 atom stereocenters. The number of aldehydes is 1. The molecule has 18 heavy (non-hydrogen) atoms. The number of nitrogens with zero attached hydrogens (tertiary/aromatic N) is 2. The maximum atomic E-state index is 13.5. The molecule has 3 nitrogen and oxygen atoms in total. The van der Waals surface area contributed by atoms with Crippen LogP contribution in [0.1, 0.15) is 27.6 Å². The lowest BCUT2D eigenvalue weighted by molar-refractivity contribution is 0.111. The largest absolute Gasteiger partial charge is 0.329 e. The molecule has 0 amide bonds. The van der Waals surface area contributed by atoms with E-state index >= 15 is 0 Å². The van der Waals surface area contributed by atoms with Gasteiger partial charge in [-0.3, -0.25) is 4.79 Å². The van der Waals surface area contributed by atoms with Crippen molar-refractivity contribution in [3.8, 4) is 0 Å². The van der Waals surface area contributed by atoms with Crippen molar-refractivity contribution in [1.29, 1.82) is 0 Å². The second-order valence-corrected chi connectivity index (χ2v) is 4.26. The topological polar surface area (TPSA) is 34.9 Å². The van der Waals surface area contributed by atoms with Gasteiger partial charge in [0.15, 0.2) is 6.29 Å². The van der Waals surface area contributed by atoms with Crippen molar-refractivity contribution in [2.24, 2.45) is 7.05 Å². The van der Waals surface area contributed by atoms with Crippen molar-refractivity contribution >= 4 is 6.29 Å². The third-order valence-electron chi connectivity index (χ3n) is 3.14. The Morgan fingerprint density at radius 1 is 1.33 bits per heavy atom. The fourth-order valence-electron chi connectivity index (χ4n) is 1.98. The van der Waals surface area contributed by atoms with E-state index in [0.717, 1.165) is 17.8 Å². The molecule has 0 bridgehead atoms. The van der Waals surface area contributed by atoms with Crippen LogP contribution in [0.25, 0.3) is 0 Å². The number of hydrogen-bond donors (Lipinski definition) is 0. The monoisotopic (exact) mass is 246 g/mol. The van der Waals surface area contributed by atoms with Gasteiger partial charge in [-0.25, -0.2) is 9.37 Å². The summed E-state index contributed by atoms with van der Waals surface area (Å²) >= 11 is 0. The highest BCUT2D eigenvalue weighted by molar-refractivity contribution is 5.74. The van der Waals surface area contributed by atoms with Crippen molar-refractivity contribution in [2.75, 3.05) is 0 Å². The highest BCUT2D eigenvalue weighted by atomic mass is 19.1. The minimum absolute atomic E-state index is 0.210. The number of imidazole rings is 1. The van der Waals surface area contributed by atoms with Crippen molar-refractivity contribution in [3.05, 3.63) is 52.9 Å². The van der Waals surface area contributed by atoms with E-state index in [-0.39, 0.29) is 5.82 Å². The lowest BCUT2D eigenvalue weighted by Gasteiger charge is -2.02. The van der Waals surface area contributed by atoms with Gasteiger partial charge < -0.3 is 4.57 Å². The molecule has 0 N–H and O–H groups in total. The Labute approximate surface area is 105 Å². The summed E-state index contributed by atoms with van der Waals surface area (Å²) in [6, 6.07) is 6.68. The predicted octanol–water partition coefficient (Wildman–Crippen LogP) is 2.47. The summed E-state index contributed by atoms with van der Waals surface area (Å²) in [6.07, 6.45) is 1.91. The molecule has 0 saturated carbocycles. The van der Waals surface area contributed by atoms with Crippen LogP contribution in [0.3, 0.4) is 0 Å². The number of rotatable bonds is 4. The van der Waals surface area contributed by atoms with E-state index in [1.807, 2.05) is 13.0 Å². The second kappa shape index (κ2) is 5.12. The molecule has 1 aromatic carbocycles. The van der Waals surface area contributed by atoms with Gasteiger partial charge in [-0.1, -0.05) is 18.2 Å². The molecule has 0 aliphatic heterocycles. The van der Waals surface area contributed by atoms with Gasteiger partial charge in [-0.15, -0.1) is 0 Å². The molecule has 0 aliphatic rings. The molecule has 94 valence electrons. The predicted molar refractivity (Wildman–Crippen MR) is 67.1 cm³/mol. The fourth-order valence-corrected chi connectivity index (χ4v) is 1.98. The van der Waals surface area contributed by atoms with Crippen LogP contribution in [-0.4, -0.2) is 15.8 Å². The summed E-state index contributed by atoms with van der Waals surface area (Å²) in [4.78, 5) is 15.3. The van der Waals surface area contributed by atoms with E-state index in [4.69, 9.17) is 0 Å². The second-order valence-electron chi connectivity index (χ2n) is 4.26. The zero-order valence-electron chi connectivity index (χ0n) is 10.5. The summed E-state index contributed by atoms with van der Waals surface area (Å²) < 4.78 is 15.2. The van der Waals surface area contributed by atoms with Crippen LogP contribution < -0.4 is 0 Å². The van der Waals surface area contributed by atoms with Gasteiger partial charge in [0.2, 0.25) is 0 Å². The number of halogens is 1. The molecule has 1 heterocycles. The smallest absolute Gasteiger partial charge is 0.168 e. The van der Waals surface area contributed by atoms with E-state index in [1.54, 1.807) is 23.7 Å². The van der Waals surface area contributed by atoms with E-state index < -0.39 is 0 Å². The van der Waals surface area contributed by atoms with Gasteiger partial charge in [0.05, 0.1) is 5.69 Å². The lowest BCUT2D eigenvalue weighted by Crippen LogP contribution is -2.01. The average Bonchev–Trinajstić information content (AvgIpc) is 2.64. The molecule has 2 aromatic rings. The van der Waals surface area contributed by atoms with E-state index in [9.17, 15) is 9.18 Å². The first-order valence-corrected chi connectivity index (χ1v) is 5.84. The van der Waals surface area contributed by atoms with Gasteiger partial charge >= 0.3 is 0 Å². The van der Waals surface area contributed by atoms with E-state index in [2.05, 4.69) is 4.98 Å². The van der Waals surface area contributed by atoms with Gasteiger partial charge in [0.1, 0.15) is 17.3 Å². The first-order chi connectivity index (χ1) is 8.63. The fraction of sp³-hybridized carbons (Fsp3) is 0.286. The van der Waals surface area contributed by atoms with Crippen molar-refractivity contribution in [2.45, 2.75) is 19.8 Å². The number of aryl methyl sites for hydroxylation is 3. The molecular formula is C14H15FN2O. The van der Waals surface area contributed by atoms with Crippen LogP contribution in [0.4, 0.5) is 4.39 Å². The number of aromatic nitrogens is 2. The first kappa shape index (κ1) is 12.5. The first-order valence-electron chi connectivity index (χ1n) is 5.84. The van der Waals surface area contributed by atoms with E-state index in [0.29, 0.717) is 24.1 Å². The minimum Gasteiger partial charge on any atom is -0.329 e. The Balaban J connectivity index is 2.18. The summed E-state index contributed by atoms with van der Waals surface area (Å²) in [7, 11) is 1.80. The van der Waals surface area contributed by atoms with Crippen LogP contribution in [0, 0.1) is 12.7 Å². The maximum absolute atomic E-state index is 13.5. The third-order valence-corrected chi connectivity index (χ3v) is 3.14. The molecule has 0 unspecified atom stereocenters. The highest BCUT2D eigenvalue weighted by Gasteiger charge is 2.12. The quantitative estimate of drug-likeness (QED) is 0.777. The number of carbonyl (C=O) groups is 1. The molecule has 4 heteroatoms. The molecular weight excluding hydrogens is 231 g/mol. The summed E-state index contributed by atoms with van der Waals surface area (Å²) in [5, 5.41) is 0. The zero-order valence-corrected chi connectivity index (χ0v) is 10.5. The highest BCUT2D eigenvalue weighted by Crippen LogP contribution is 2.13. The van der Waals surface area contributed by atoms with Gasteiger partial charge in [-0.05, 0) is 31.4 Å². The zero-order chi connectivity index (χ0) is 13.1. The molecule has 0 aliphatic carbocycles. The van der Waals surface area contributed by atoms with Crippen molar-refractivity contribution in [3.63, 3.8) is 0 Å². The summed E-state index contributed by atoms with van der Waals surface area (Å²) in [5.41, 5.74) is 1.95. The van der Waals surface area contributed by atoms with E-state index in [1.165, 1.54) is 6.07 Å². The molecule has 1 aromatic heterocycles. The maximum Gasteiger partial charge on any atom is 0.168 e. The van der Waals surface area contributed by atoms with Crippen LogP contribution in [0.2, 0.25) is 0 Å². The van der Waals surface area contributed by atoms with Crippen molar-refractivity contribution < 1.29 is 9.18 Å². The Kier molecular flexibility index (Phi) is 3.55. The summed E-state index contributed by atoms with van der Waals surface area (Å²) in [5.74, 6) is 0.582. The standard InChI is InChI=1S/C14H15FN2O/c1-10-16-13(14(9-18)17(10)2)8-7-11-5-3-4-6-12(11)15/h3-6,9H,7-8H2,1-2H3. The Bertz CT molecular complexity index is 575. The van der Waals surface area contributed by atoms with Gasteiger partial charge in [0.25, 0.3) is 0 Å². The Morgan fingerprint density at radius 3 is 2.72 bits per heavy atom. The number of hydrogen-bond acceptors (Lipinski definition) is 2. The number of carbonyl (C=O) groups excluding carboxylic acids is 1. The molecule has 0 saturated heterocycles. The molecule has 2 rings (SSSR count). The van der Waals surface area contributed by atoms with Crippen LogP contribution >= 0.6 is 0 Å². The van der Waals surface area contributed by atoms with Crippen LogP contribution in [0.5, 0.6) is 0 Å². The lowest BCUT2D eigenvalue weighted by atomic mass is 10.1. The van der Waals surface area contributed by atoms with Crippen LogP contribution in [-0.2, 0) is 19.9 Å². The Hall–Kier alpha value is -1.97. The Morgan fingerprint density at radius 2 is 2.06 bits per heavy atom. The molecule has 0 radical (unpaired) electrons. The van der Waals surface area contributed by atoms with Crippen LogP contribution in [0.15, 0.2) is 24.3 Å². The van der Waals surface area contributed by atoms with Gasteiger partial charge in [0, 0.05) is 7.05 Å². The molecule has 0 spiro atoms. The van der Waals surface area contributed by atoms with Gasteiger partial charge in [-0.2, -0.15) is 0 Å². The average molecular weight is 246 g/mol. The minimum atomic E-state index is -0.210. The van der Waals surface area contributed by atoms with Crippen molar-refractivity contribution in [1.82, 2.24) is 9.55 Å². The number of benzene rings is 1. The SMILES string of the molecule is Cc1nc(CCc2ccccc2F)c(C=O)n1C. The molecule has 0 fully saturated rings. The third kappa shape index (κ3) is 2.32.